The third kappa shape index (κ3) is 3.96. The molecule has 0 spiro atoms. The lowest BCUT2D eigenvalue weighted by atomic mass is 9.97. The number of benzene rings is 2. The summed E-state index contributed by atoms with van der Waals surface area (Å²) in [4.78, 5) is 0. The largest absolute Gasteiger partial charge is 0.0654 e. The molecule has 19 heavy (non-hydrogen) atoms. The van der Waals surface area contributed by atoms with Gasteiger partial charge in [-0.05, 0) is 55.4 Å². The van der Waals surface area contributed by atoms with Gasteiger partial charge < -0.3 is 0 Å². The van der Waals surface area contributed by atoms with Crippen molar-refractivity contribution < 1.29 is 0 Å². The van der Waals surface area contributed by atoms with Gasteiger partial charge in [0, 0.05) is 0 Å². The molecule has 0 bridgehead atoms. The second-order valence-electron chi connectivity index (χ2n) is 5.53. The van der Waals surface area contributed by atoms with E-state index in [2.05, 4.69) is 63.2 Å². The first-order valence-corrected chi connectivity index (χ1v) is 7.33. The summed E-state index contributed by atoms with van der Waals surface area (Å²) < 4.78 is 0. The summed E-state index contributed by atoms with van der Waals surface area (Å²) in [5.74, 6) is 0. The van der Waals surface area contributed by atoms with Crippen molar-refractivity contribution in [2.24, 2.45) is 0 Å². The van der Waals surface area contributed by atoms with Crippen molar-refractivity contribution in [2.75, 3.05) is 0 Å². The Hall–Kier alpha value is -1.56. The smallest absolute Gasteiger partial charge is 0.00231 e. The topological polar surface area (TPSA) is 0 Å². The number of rotatable bonds is 5. The minimum absolute atomic E-state index is 1.04. The van der Waals surface area contributed by atoms with Gasteiger partial charge in [-0.1, -0.05) is 61.4 Å². The van der Waals surface area contributed by atoms with Crippen LogP contribution in [0, 0.1) is 13.8 Å². The Kier molecular flexibility index (Phi) is 4.79. The minimum Gasteiger partial charge on any atom is -0.0654 e. The number of hydrogen-bond donors (Lipinski definition) is 0. The molecule has 0 fully saturated rings. The van der Waals surface area contributed by atoms with Crippen LogP contribution >= 0.6 is 0 Å². The van der Waals surface area contributed by atoms with Crippen molar-refractivity contribution in [3.8, 4) is 0 Å². The van der Waals surface area contributed by atoms with Gasteiger partial charge in [-0.3, -0.25) is 0 Å². The lowest BCUT2D eigenvalue weighted by Crippen LogP contribution is -1.93. The van der Waals surface area contributed by atoms with Gasteiger partial charge >= 0.3 is 0 Å². The first kappa shape index (κ1) is 13.9. The lowest BCUT2D eigenvalue weighted by Gasteiger charge is -2.08. The molecule has 0 radical (unpaired) electrons. The molecule has 0 amide bonds. The maximum absolute atomic E-state index is 2.29. The van der Waals surface area contributed by atoms with Gasteiger partial charge in [-0.15, -0.1) is 0 Å². The van der Waals surface area contributed by atoms with E-state index in [0.29, 0.717) is 0 Å². The molecule has 0 saturated carbocycles. The van der Waals surface area contributed by atoms with Gasteiger partial charge in [0.05, 0.1) is 0 Å². The van der Waals surface area contributed by atoms with E-state index in [9.17, 15) is 0 Å². The number of unbranched alkanes of at least 4 members (excludes halogenated alkanes) is 1. The van der Waals surface area contributed by atoms with Crippen LogP contribution in [0.4, 0.5) is 0 Å². The van der Waals surface area contributed by atoms with Gasteiger partial charge in [0.15, 0.2) is 0 Å². The van der Waals surface area contributed by atoms with Crippen molar-refractivity contribution in [3.05, 3.63) is 70.3 Å². The number of aryl methyl sites for hydroxylation is 3. The highest BCUT2D eigenvalue weighted by atomic mass is 14.1. The predicted molar refractivity (Wildman–Crippen MR) is 83.8 cm³/mol. The van der Waals surface area contributed by atoms with E-state index in [1.807, 2.05) is 0 Å². The summed E-state index contributed by atoms with van der Waals surface area (Å²) in [6, 6.07) is 15.9. The molecule has 0 atom stereocenters. The van der Waals surface area contributed by atoms with Crippen LogP contribution in [0.25, 0.3) is 0 Å². The van der Waals surface area contributed by atoms with Gasteiger partial charge in [0.1, 0.15) is 0 Å². The summed E-state index contributed by atoms with van der Waals surface area (Å²) in [5.41, 5.74) is 7.05. The standard InChI is InChI=1S/C19H24/c1-4-5-6-17-8-10-18(11-9-17)14-19-12-7-15(2)13-16(19)3/h7-13H,4-6,14H2,1-3H3. The van der Waals surface area contributed by atoms with Crippen LogP contribution in [-0.2, 0) is 12.8 Å². The van der Waals surface area contributed by atoms with E-state index in [0.717, 1.165) is 6.42 Å². The fourth-order valence-corrected chi connectivity index (χ4v) is 2.47. The molecule has 0 nitrogen and oxygen atoms in total. The van der Waals surface area contributed by atoms with Crippen LogP contribution in [0.3, 0.4) is 0 Å². The molecular weight excluding hydrogens is 228 g/mol. The number of hydrogen-bond acceptors (Lipinski definition) is 0. The first-order chi connectivity index (χ1) is 9.19. The van der Waals surface area contributed by atoms with Crippen molar-refractivity contribution >= 4 is 0 Å². The third-order valence-corrected chi connectivity index (χ3v) is 3.73. The van der Waals surface area contributed by atoms with E-state index in [-0.39, 0.29) is 0 Å². The highest BCUT2D eigenvalue weighted by molar-refractivity contribution is 5.35. The van der Waals surface area contributed by atoms with Crippen LogP contribution in [0.15, 0.2) is 42.5 Å². The molecule has 0 aliphatic heterocycles. The van der Waals surface area contributed by atoms with Gasteiger partial charge in [-0.25, -0.2) is 0 Å². The Morgan fingerprint density at radius 2 is 1.53 bits per heavy atom. The van der Waals surface area contributed by atoms with E-state index in [1.165, 1.54) is 47.1 Å². The molecule has 2 aromatic carbocycles. The molecule has 0 aliphatic carbocycles. The normalized spacial score (nSPS) is 10.7. The van der Waals surface area contributed by atoms with Gasteiger partial charge in [0.2, 0.25) is 0 Å². The monoisotopic (exact) mass is 252 g/mol. The van der Waals surface area contributed by atoms with E-state index < -0.39 is 0 Å². The molecule has 2 aromatic rings. The molecule has 0 unspecified atom stereocenters. The molecule has 0 heterocycles. The summed E-state index contributed by atoms with van der Waals surface area (Å²) in [7, 11) is 0. The summed E-state index contributed by atoms with van der Waals surface area (Å²) in [5, 5.41) is 0. The molecule has 0 aliphatic rings. The maximum atomic E-state index is 2.29. The lowest BCUT2D eigenvalue weighted by molar-refractivity contribution is 0.795. The minimum atomic E-state index is 1.04. The average Bonchev–Trinajstić information content (AvgIpc) is 2.41. The Morgan fingerprint density at radius 1 is 0.842 bits per heavy atom. The zero-order valence-electron chi connectivity index (χ0n) is 12.4. The zero-order chi connectivity index (χ0) is 13.7. The van der Waals surface area contributed by atoms with Crippen LogP contribution in [0.1, 0.15) is 47.6 Å². The van der Waals surface area contributed by atoms with Crippen LogP contribution in [-0.4, -0.2) is 0 Å². The van der Waals surface area contributed by atoms with Crippen LogP contribution < -0.4 is 0 Å². The predicted octanol–water partition coefficient (Wildman–Crippen LogP) is 5.24. The van der Waals surface area contributed by atoms with Crippen molar-refractivity contribution in [3.63, 3.8) is 0 Å². The second kappa shape index (κ2) is 6.56. The molecule has 100 valence electrons. The summed E-state index contributed by atoms with van der Waals surface area (Å²) in [6.45, 7) is 6.60. The van der Waals surface area contributed by atoms with Crippen LogP contribution in [0.2, 0.25) is 0 Å². The summed E-state index contributed by atoms with van der Waals surface area (Å²) in [6.07, 6.45) is 4.81. The van der Waals surface area contributed by atoms with E-state index in [4.69, 9.17) is 0 Å². The fraction of sp³-hybridized carbons (Fsp3) is 0.368. The first-order valence-electron chi connectivity index (χ1n) is 7.33. The molecule has 0 N–H and O–H groups in total. The Bertz CT molecular complexity index is 520. The highest BCUT2D eigenvalue weighted by Gasteiger charge is 2.01. The van der Waals surface area contributed by atoms with E-state index in [1.54, 1.807) is 0 Å². The summed E-state index contributed by atoms with van der Waals surface area (Å²) >= 11 is 0. The average molecular weight is 252 g/mol. The molecule has 2 rings (SSSR count). The van der Waals surface area contributed by atoms with E-state index >= 15 is 0 Å². The molecule has 0 saturated heterocycles. The second-order valence-corrected chi connectivity index (χ2v) is 5.53. The molecular formula is C19H24. The van der Waals surface area contributed by atoms with Crippen LogP contribution in [0.5, 0.6) is 0 Å². The molecule has 0 aromatic heterocycles. The van der Waals surface area contributed by atoms with Gasteiger partial charge in [-0.2, -0.15) is 0 Å². The quantitative estimate of drug-likeness (QED) is 0.683. The van der Waals surface area contributed by atoms with Gasteiger partial charge in [0.25, 0.3) is 0 Å². The highest BCUT2D eigenvalue weighted by Crippen LogP contribution is 2.16. The SMILES string of the molecule is CCCCc1ccc(Cc2ccc(C)cc2C)cc1. The fourth-order valence-electron chi connectivity index (χ4n) is 2.47. The van der Waals surface area contributed by atoms with Crippen molar-refractivity contribution in [1.29, 1.82) is 0 Å². The third-order valence-electron chi connectivity index (χ3n) is 3.73. The Morgan fingerprint density at radius 3 is 2.16 bits per heavy atom. The van der Waals surface area contributed by atoms with Crippen molar-refractivity contribution in [1.82, 2.24) is 0 Å². The maximum Gasteiger partial charge on any atom is -0.00231 e. The zero-order valence-corrected chi connectivity index (χ0v) is 12.4. The molecule has 0 heteroatoms. The Labute approximate surface area is 117 Å². The van der Waals surface area contributed by atoms with Crippen molar-refractivity contribution in [2.45, 2.75) is 46.5 Å². The Balaban J connectivity index is 2.06.